The molecule has 88 valence electrons. The first-order valence-corrected chi connectivity index (χ1v) is 5.27. The fourth-order valence-electron chi connectivity index (χ4n) is 1.24. The number of phenols is 1. The van der Waals surface area contributed by atoms with Gasteiger partial charge in [0.1, 0.15) is 11.6 Å². The summed E-state index contributed by atoms with van der Waals surface area (Å²) in [6, 6.07) is 3.65. The maximum atomic E-state index is 13.2. The van der Waals surface area contributed by atoms with Crippen LogP contribution in [0.3, 0.4) is 0 Å². The highest BCUT2D eigenvalue weighted by molar-refractivity contribution is 5.90. The zero-order valence-corrected chi connectivity index (χ0v) is 9.46. The second kappa shape index (κ2) is 5.49. The Morgan fingerprint density at radius 1 is 1.50 bits per heavy atom. The van der Waals surface area contributed by atoms with Crippen LogP contribution < -0.4 is 5.32 Å². The standard InChI is InChI=1S/C12H16FNO2/c1-8(2)3-6-12(16)14-11-5-4-9(15)7-10(11)13/h4-5,7-8,15H,3,6H2,1-2H3,(H,14,16). The molecule has 0 fully saturated rings. The molecule has 2 N–H and O–H groups in total. The molecule has 0 spiro atoms. The molecular formula is C12H16FNO2. The van der Waals surface area contributed by atoms with Gasteiger partial charge in [0.15, 0.2) is 0 Å². The number of carbonyl (C=O) groups excluding carboxylic acids is 1. The molecular weight excluding hydrogens is 209 g/mol. The van der Waals surface area contributed by atoms with Gasteiger partial charge in [0.2, 0.25) is 5.91 Å². The van der Waals surface area contributed by atoms with E-state index in [1.807, 2.05) is 13.8 Å². The molecule has 0 bridgehead atoms. The lowest BCUT2D eigenvalue weighted by atomic mass is 10.1. The molecule has 0 radical (unpaired) electrons. The zero-order valence-electron chi connectivity index (χ0n) is 9.46. The first kappa shape index (κ1) is 12.5. The van der Waals surface area contributed by atoms with Gasteiger partial charge in [-0.2, -0.15) is 0 Å². The highest BCUT2D eigenvalue weighted by atomic mass is 19.1. The highest BCUT2D eigenvalue weighted by Crippen LogP contribution is 2.19. The summed E-state index contributed by atoms with van der Waals surface area (Å²) in [5.74, 6) is -0.552. The van der Waals surface area contributed by atoms with Crippen LogP contribution in [0.1, 0.15) is 26.7 Å². The summed E-state index contributed by atoms with van der Waals surface area (Å²) >= 11 is 0. The Bertz CT molecular complexity index is 377. The summed E-state index contributed by atoms with van der Waals surface area (Å²) in [4.78, 5) is 11.4. The Kier molecular flexibility index (Phi) is 4.28. The Morgan fingerprint density at radius 3 is 2.75 bits per heavy atom. The van der Waals surface area contributed by atoms with Gasteiger partial charge < -0.3 is 10.4 Å². The lowest BCUT2D eigenvalue weighted by Gasteiger charge is -2.07. The van der Waals surface area contributed by atoms with E-state index in [0.29, 0.717) is 12.3 Å². The van der Waals surface area contributed by atoms with Crippen molar-refractivity contribution in [1.29, 1.82) is 0 Å². The first-order valence-electron chi connectivity index (χ1n) is 5.27. The zero-order chi connectivity index (χ0) is 12.1. The van der Waals surface area contributed by atoms with Crippen molar-refractivity contribution in [3.05, 3.63) is 24.0 Å². The van der Waals surface area contributed by atoms with Gasteiger partial charge in [0.25, 0.3) is 0 Å². The molecule has 4 heteroatoms. The number of phenolic OH excluding ortho intramolecular Hbond substituents is 1. The van der Waals surface area contributed by atoms with Gasteiger partial charge >= 0.3 is 0 Å². The second-order valence-electron chi connectivity index (χ2n) is 4.14. The third-order valence-corrected chi connectivity index (χ3v) is 2.18. The molecule has 0 saturated carbocycles. The molecule has 0 aliphatic rings. The van der Waals surface area contributed by atoms with Crippen molar-refractivity contribution < 1.29 is 14.3 Å². The predicted octanol–water partition coefficient (Wildman–Crippen LogP) is 2.91. The highest BCUT2D eigenvalue weighted by Gasteiger charge is 2.08. The lowest BCUT2D eigenvalue weighted by molar-refractivity contribution is -0.116. The molecule has 0 aliphatic carbocycles. The van der Waals surface area contributed by atoms with Gasteiger partial charge in [-0.1, -0.05) is 13.8 Å². The van der Waals surface area contributed by atoms with E-state index in [1.165, 1.54) is 12.1 Å². The van der Waals surface area contributed by atoms with Crippen molar-refractivity contribution >= 4 is 11.6 Å². The van der Waals surface area contributed by atoms with Crippen molar-refractivity contribution in [1.82, 2.24) is 0 Å². The van der Waals surface area contributed by atoms with Crippen LogP contribution in [0.4, 0.5) is 10.1 Å². The van der Waals surface area contributed by atoms with Crippen LogP contribution in [0.5, 0.6) is 5.75 Å². The molecule has 1 rings (SSSR count). The van der Waals surface area contributed by atoms with Crippen LogP contribution in [-0.4, -0.2) is 11.0 Å². The van der Waals surface area contributed by atoms with Crippen LogP contribution in [-0.2, 0) is 4.79 Å². The average molecular weight is 225 g/mol. The summed E-state index contributed by atoms with van der Waals surface area (Å²) in [5.41, 5.74) is 0.103. The van der Waals surface area contributed by atoms with E-state index < -0.39 is 5.82 Å². The van der Waals surface area contributed by atoms with E-state index in [1.54, 1.807) is 0 Å². The molecule has 0 aromatic heterocycles. The van der Waals surface area contributed by atoms with Gasteiger partial charge in [-0.25, -0.2) is 4.39 Å². The van der Waals surface area contributed by atoms with Crippen LogP contribution >= 0.6 is 0 Å². The number of nitrogens with one attached hydrogen (secondary N) is 1. The number of amides is 1. The van der Waals surface area contributed by atoms with Gasteiger partial charge in [0, 0.05) is 12.5 Å². The molecule has 0 unspecified atom stereocenters. The Labute approximate surface area is 94.3 Å². The minimum Gasteiger partial charge on any atom is -0.508 e. The number of hydrogen-bond donors (Lipinski definition) is 2. The number of aromatic hydroxyl groups is 1. The number of hydrogen-bond acceptors (Lipinski definition) is 2. The van der Waals surface area contributed by atoms with Crippen molar-refractivity contribution in [3.8, 4) is 5.75 Å². The van der Waals surface area contributed by atoms with Gasteiger partial charge in [-0.3, -0.25) is 4.79 Å². The van der Waals surface area contributed by atoms with Crippen LogP contribution in [0.25, 0.3) is 0 Å². The fourth-order valence-corrected chi connectivity index (χ4v) is 1.24. The maximum Gasteiger partial charge on any atom is 0.224 e. The summed E-state index contributed by atoms with van der Waals surface area (Å²) in [5, 5.41) is 11.5. The van der Waals surface area contributed by atoms with Gasteiger partial charge in [-0.05, 0) is 24.5 Å². The van der Waals surface area contributed by atoms with E-state index in [2.05, 4.69) is 5.32 Å². The molecule has 0 aliphatic heterocycles. The van der Waals surface area contributed by atoms with Crippen molar-refractivity contribution in [3.63, 3.8) is 0 Å². The number of carbonyl (C=O) groups is 1. The summed E-state index contributed by atoms with van der Waals surface area (Å²) in [6.45, 7) is 4.04. The summed E-state index contributed by atoms with van der Waals surface area (Å²) in [6.07, 6.45) is 1.14. The van der Waals surface area contributed by atoms with Crippen molar-refractivity contribution in [2.45, 2.75) is 26.7 Å². The molecule has 1 aromatic carbocycles. The number of halogens is 1. The monoisotopic (exact) mass is 225 g/mol. The van der Waals surface area contributed by atoms with E-state index in [0.717, 1.165) is 12.5 Å². The molecule has 16 heavy (non-hydrogen) atoms. The maximum absolute atomic E-state index is 13.2. The van der Waals surface area contributed by atoms with E-state index in [9.17, 15) is 9.18 Å². The lowest BCUT2D eigenvalue weighted by Crippen LogP contribution is -2.13. The van der Waals surface area contributed by atoms with Crippen molar-refractivity contribution in [2.75, 3.05) is 5.32 Å². The number of benzene rings is 1. The number of rotatable bonds is 4. The van der Waals surface area contributed by atoms with Gasteiger partial charge in [-0.15, -0.1) is 0 Å². The molecule has 0 atom stereocenters. The average Bonchev–Trinajstić information content (AvgIpc) is 2.19. The Morgan fingerprint density at radius 2 is 2.19 bits per heavy atom. The molecule has 1 aromatic rings. The second-order valence-corrected chi connectivity index (χ2v) is 4.14. The first-order chi connectivity index (χ1) is 7.49. The van der Waals surface area contributed by atoms with Crippen molar-refractivity contribution in [2.24, 2.45) is 5.92 Å². The van der Waals surface area contributed by atoms with E-state index in [4.69, 9.17) is 5.11 Å². The normalized spacial score (nSPS) is 10.5. The number of anilines is 1. The van der Waals surface area contributed by atoms with Crippen LogP contribution in [0.2, 0.25) is 0 Å². The van der Waals surface area contributed by atoms with E-state index in [-0.39, 0.29) is 17.3 Å². The molecule has 0 saturated heterocycles. The SMILES string of the molecule is CC(C)CCC(=O)Nc1ccc(O)cc1F. The summed E-state index contributed by atoms with van der Waals surface area (Å²) in [7, 11) is 0. The topological polar surface area (TPSA) is 49.3 Å². The molecule has 1 amide bonds. The van der Waals surface area contributed by atoms with Crippen LogP contribution in [0, 0.1) is 11.7 Å². The summed E-state index contributed by atoms with van der Waals surface area (Å²) < 4.78 is 13.2. The predicted molar refractivity (Wildman–Crippen MR) is 60.8 cm³/mol. The molecule has 0 heterocycles. The third kappa shape index (κ3) is 3.88. The quantitative estimate of drug-likeness (QED) is 0.774. The minimum atomic E-state index is -0.627. The Hall–Kier alpha value is -1.58. The minimum absolute atomic E-state index is 0.103. The van der Waals surface area contributed by atoms with E-state index >= 15 is 0 Å². The fraction of sp³-hybridized carbons (Fsp3) is 0.417. The Balaban J connectivity index is 2.56. The van der Waals surface area contributed by atoms with Gasteiger partial charge in [0.05, 0.1) is 5.69 Å². The smallest absolute Gasteiger partial charge is 0.224 e. The van der Waals surface area contributed by atoms with Crippen LogP contribution in [0.15, 0.2) is 18.2 Å². The third-order valence-electron chi connectivity index (χ3n) is 2.18. The largest absolute Gasteiger partial charge is 0.508 e. The molecule has 3 nitrogen and oxygen atoms in total.